The van der Waals surface area contributed by atoms with Crippen molar-refractivity contribution in [2.24, 2.45) is 0 Å². The predicted octanol–water partition coefficient (Wildman–Crippen LogP) is 6.65. The highest BCUT2D eigenvalue weighted by atomic mass is 35.5. The van der Waals surface area contributed by atoms with E-state index in [1.807, 2.05) is 13.0 Å². The van der Waals surface area contributed by atoms with E-state index in [0.29, 0.717) is 5.02 Å². The molecule has 1 unspecified atom stereocenters. The summed E-state index contributed by atoms with van der Waals surface area (Å²) in [7, 11) is 0. The Morgan fingerprint density at radius 1 is 1.19 bits per heavy atom. The van der Waals surface area contributed by atoms with Gasteiger partial charge in [-0.15, -0.1) is 0 Å². The van der Waals surface area contributed by atoms with Crippen molar-refractivity contribution in [1.82, 2.24) is 0 Å². The number of carbonyl (C=O) groups is 1. The fourth-order valence-electron chi connectivity index (χ4n) is 3.95. The first-order valence-electron chi connectivity index (χ1n) is 11.0. The molecule has 6 heteroatoms. The molecule has 1 fully saturated rings. The number of hydrogen-bond donors (Lipinski definition) is 0. The van der Waals surface area contributed by atoms with Gasteiger partial charge in [-0.05, 0) is 81.5 Å². The van der Waals surface area contributed by atoms with Crippen LogP contribution in [-0.4, -0.2) is 25.2 Å². The van der Waals surface area contributed by atoms with Crippen LogP contribution in [-0.2, 0) is 4.74 Å². The van der Waals surface area contributed by atoms with Gasteiger partial charge in [0.25, 0.3) is 0 Å². The van der Waals surface area contributed by atoms with Gasteiger partial charge in [-0.25, -0.2) is 4.79 Å². The Labute approximate surface area is 190 Å². The maximum atomic E-state index is 13.3. The molecule has 0 spiro atoms. The van der Waals surface area contributed by atoms with E-state index in [2.05, 4.69) is 36.9 Å². The van der Waals surface area contributed by atoms with Gasteiger partial charge in [0.15, 0.2) is 0 Å². The van der Waals surface area contributed by atoms with Gasteiger partial charge in [0, 0.05) is 29.8 Å². The molecular weight excluding hydrogens is 410 g/mol. The molecule has 0 heterocycles. The van der Waals surface area contributed by atoms with Crippen LogP contribution in [0.2, 0.25) is 5.02 Å². The Hall–Kier alpha value is -2.71. The molecule has 0 aromatic heterocycles. The molecule has 0 aliphatic heterocycles. The summed E-state index contributed by atoms with van der Waals surface area (Å²) in [4.78, 5) is 17.4. The second-order valence-electron chi connectivity index (χ2n) is 7.88. The van der Waals surface area contributed by atoms with E-state index in [1.54, 1.807) is 29.2 Å². The Morgan fingerprint density at radius 2 is 1.87 bits per heavy atom. The molecule has 2 aromatic carbocycles. The van der Waals surface area contributed by atoms with Crippen LogP contribution >= 0.6 is 11.6 Å². The zero-order valence-corrected chi connectivity index (χ0v) is 19.2. The number of nitrogens with zero attached hydrogens (tertiary/aromatic N) is 3. The van der Waals surface area contributed by atoms with Crippen LogP contribution in [0.1, 0.15) is 56.8 Å². The van der Waals surface area contributed by atoms with Gasteiger partial charge in [0.1, 0.15) is 6.10 Å². The van der Waals surface area contributed by atoms with Crippen LogP contribution in [0.3, 0.4) is 0 Å². The van der Waals surface area contributed by atoms with E-state index < -0.39 is 12.2 Å². The largest absolute Gasteiger partial charge is 0.440 e. The first-order valence-corrected chi connectivity index (χ1v) is 11.3. The Morgan fingerprint density at radius 3 is 2.39 bits per heavy atom. The van der Waals surface area contributed by atoms with E-state index in [1.165, 1.54) is 0 Å². The molecule has 1 amide bonds. The number of ether oxygens (including phenoxy) is 1. The van der Waals surface area contributed by atoms with Crippen molar-refractivity contribution in [1.29, 1.82) is 5.26 Å². The molecular formula is C25H30ClN3O2. The summed E-state index contributed by atoms with van der Waals surface area (Å²) in [6, 6.07) is 15.6. The number of benzene rings is 2. The molecule has 31 heavy (non-hydrogen) atoms. The van der Waals surface area contributed by atoms with Crippen LogP contribution < -0.4 is 9.80 Å². The fraction of sp³-hybridized carbons (Fsp3) is 0.440. The predicted molar refractivity (Wildman–Crippen MR) is 126 cm³/mol. The molecule has 5 nitrogen and oxygen atoms in total. The van der Waals surface area contributed by atoms with Gasteiger partial charge in [0.05, 0.1) is 18.2 Å². The quantitative estimate of drug-likeness (QED) is 0.462. The normalized spacial score (nSPS) is 14.3. The lowest BCUT2D eigenvalue weighted by atomic mass is 9.91. The van der Waals surface area contributed by atoms with Gasteiger partial charge >= 0.3 is 6.09 Å². The van der Waals surface area contributed by atoms with Crippen LogP contribution in [0.15, 0.2) is 42.5 Å². The van der Waals surface area contributed by atoms with Gasteiger partial charge < -0.3 is 9.64 Å². The number of halogens is 1. The topological polar surface area (TPSA) is 56.6 Å². The fourth-order valence-corrected chi connectivity index (χ4v) is 4.08. The summed E-state index contributed by atoms with van der Waals surface area (Å²) in [6.45, 7) is 8.17. The molecule has 3 rings (SSSR count). The van der Waals surface area contributed by atoms with E-state index in [-0.39, 0.29) is 12.5 Å². The number of rotatable bonds is 8. The van der Waals surface area contributed by atoms with Crippen molar-refractivity contribution in [2.45, 2.75) is 58.6 Å². The zero-order valence-electron chi connectivity index (χ0n) is 18.5. The third kappa shape index (κ3) is 5.32. The lowest BCUT2D eigenvalue weighted by molar-refractivity contribution is 0.102. The van der Waals surface area contributed by atoms with Crippen molar-refractivity contribution in [3.05, 3.63) is 58.6 Å². The second kappa shape index (κ2) is 10.5. The number of aryl methyl sites for hydroxylation is 1. The smallest absolute Gasteiger partial charge is 0.415 e. The highest BCUT2D eigenvalue weighted by molar-refractivity contribution is 6.30. The van der Waals surface area contributed by atoms with Crippen molar-refractivity contribution in [3.63, 3.8) is 0 Å². The summed E-state index contributed by atoms with van der Waals surface area (Å²) in [6.07, 6.45) is 2.06. The van der Waals surface area contributed by atoms with Gasteiger partial charge in [0.2, 0.25) is 0 Å². The maximum absolute atomic E-state index is 13.3. The molecule has 164 valence electrons. The van der Waals surface area contributed by atoms with E-state index in [0.717, 1.165) is 54.9 Å². The van der Waals surface area contributed by atoms with Crippen molar-refractivity contribution in [2.75, 3.05) is 22.9 Å². The molecule has 0 N–H and O–H groups in total. The number of carbonyl (C=O) groups excluding carboxylic acids is 1. The third-order valence-electron chi connectivity index (χ3n) is 5.97. The number of anilines is 2. The molecule has 1 aliphatic rings. The molecule has 0 radical (unpaired) electrons. The number of amides is 1. The zero-order chi connectivity index (χ0) is 22.4. The third-order valence-corrected chi connectivity index (χ3v) is 6.22. The highest BCUT2D eigenvalue weighted by Gasteiger charge is 2.33. The van der Waals surface area contributed by atoms with E-state index in [4.69, 9.17) is 16.3 Å². The summed E-state index contributed by atoms with van der Waals surface area (Å²) in [5.74, 6) is 0. The van der Waals surface area contributed by atoms with Gasteiger partial charge in [-0.3, -0.25) is 4.90 Å². The standard InChI is InChI=1S/C25H30ClN3O2/c1-4-28(5-2)22-13-14-23(18(3)17-22)29(21-7-6-8-21)25(30)31-24(15-16-27)19-9-11-20(26)12-10-19/h9-14,17,21,24H,4-8,15H2,1-3H3. The molecule has 2 aromatic rings. The summed E-state index contributed by atoms with van der Waals surface area (Å²) < 4.78 is 5.88. The van der Waals surface area contributed by atoms with Gasteiger partial charge in [-0.1, -0.05) is 23.7 Å². The van der Waals surface area contributed by atoms with Crippen LogP contribution in [0.5, 0.6) is 0 Å². The van der Waals surface area contributed by atoms with Crippen molar-refractivity contribution in [3.8, 4) is 6.07 Å². The van der Waals surface area contributed by atoms with Crippen LogP contribution in [0, 0.1) is 18.3 Å². The molecule has 1 aliphatic carbocycles. The number of nitriles is 1. The van der Waals surface area contributed by atoms with Crippen molar-refractivity contribution >= 4 is 29.1 Å². The molecule has 1 atom stereocenters. The highest BCUT2D eigenvalue weighted by Crippen LogP contribution is 2.35. The number of hydrogen-bond acceptors (Lipinski definition) is 4. The minimum atomic E-state index is -0.632. The first-order chi connectivity index (χ1) is 15.0. The SMILES string of the molecule is CCN(CC)c1ccc(N(C(=O)OC(CC#N)c2ccc(Cl)cc2)C2CCC2)c(C)c1. The summed E-state index contributed by atoms with van der Waals surface area (Å²) in [5.41, 5.74) is 3.83. The minimum absolute atomic E-state index is 0.0890. The minimum Gasteiger partial charge on any atom is -0.440 e. The van der Waals surface area contributed by atoms with Gasteiger partial charge in [-0.2, -0.15) is 5.26 Å². The van der Waals surface area contributed by atoms with Crippen LogP contribution in [0.4, 0.5) is 16.2 Å². The molecule has 0 saturated heterocycles. The summed E-state index contributed by atoms with van der Waals surface area (Å²) in [5, 5.41) is 9.88. The lowest BCUT2D eigenvalue weighted by Crippen LogP contribution is -2.45. The van der Waals surface area contributed by atoms with E-state index in [9.17, 15) is 10.1 Å². The molecule has 1 saturated carbocycles. The Balaban J connectivity index is 1.87. The maximum Gasteiger partial charge on any atom is 0.415 e. The first kappa shape index (κ1) is 23.0. The monoisotopic (exact) mass is 439 g/mol. The van der Waals surface area contributed by atoms with E-state index >= 15 is 0 Å². The average molecular weight is 440 g/mol. The lowest BCUT2D eigenvalue weighted by Gasteiger charge is -2.38. The van der Waals surface area contributed by atoms with Crippen LogP contribution in [0.25, 0.3) is 0 Å². The van der Waals surface area contributed by atoms with Crippen molar-refractivity contribution < 1.29 is 9.53 Å². The Bertz CT molecular complexity index is 931. The average Bonchev–Trinajstić information content (AvgIpc) is 2.72. The second-order valence-corrected chi connectivity index (χ2v) is 8.32. The summed E-state index contributed by atoms with van der Waals surface area (Å²) >= 11 is 5.99. The Kier molecular flexibility index (Phi) is 7.81. The molecule has 0 bridgehead atoms.